The lowest BCUT2D eigenvalue weighted by Gasteiger charge is -2.18. The minimum Gasteiger partial charge on any atom is -0.497 e. The number of urea groups is 1. The number of benzene rings is 2. The molecule has 1 aliphatic heterocycles. The summed E-state index contributed by atoms with van der Waals surface area (Å²) in [5, 5.41) is 5.61. The van der Waals surface area contributed by atoms with Crippen molar-refractivity contribution in [2.75, 3.05) is 26.1 Å². The number of amides is 3. The van der Waals surface area contributed by atoms with Gasteiger partial charge in [0.1, 0.15) is 11.5 Å². The molecule has 2 aromatic rings. The highest BCUT2D eigenvalue weighted by Gasteiger charge is 2.30. The number of carbonyl (C=O) groups excluding carboxylic acids is 2. The Morgan fingerprint density at radius 3 is 2.63 bits per heavy atom. The molecule has 1 unspecified atom stereocenters. The topological polar surface area (TPSA) is 79.9 Å². The second-order valence-electron chi connectivity index (χ2n) is 6.33. The van der Waals surface area contributed by atoms with E-state index >= 15 is 0 Å². The summed E-state index contributed by atoms with van der Waals surface area (Å²) in [7, 11) is 3.08. The second kappa shape index (κ2) is 8.44. The van der Waals surface area contributed by atoms with Crippen molar-refractivity contribution in [3.05, 3.63) is 54.1 Å². The second-order valence-corrected chi connectivity index (χ2v) is 6.33. The van der Waals surface area contributed by atoms with Crippen molar-refractivity contribution in [2.45, 2.75) is 19.0 Å². The zero-order valence-corrected chi connectivity index (χ0v) is 15.4. The summed E-state index contributed by atoms with van der Waals surface area (Å²) in [6.07, 6.45) is 0.287. The lowest BCUT2D eigenvalue weighted by Crippen LogP contribution is -2.39. The van der Waals surface area contributed by atoms with Crippen LogP contribution in [0.4, 0.5) is 10.5 Å². The Morgan fingerprint density at radius 1 is 1.15 bits per heavy atom. The summed E-state index contributed by atoms with van der Waals surface area (Å²) in [4.78, 5) is 26.3. The van der Waals surface area contributed by atoms with E-state index in [9.17, 15) is 9.59 Å². The first-order valence-electron chi connectivity index (χ1n) is 8.70. The molecule has 1 atom stereocenters. The standard InChI is InChI=1S/C20H23N3O4/c1-26-16-8-9-18(27-2)17(11-16)22-20(25)21-15-10-19(24)23(13-15)12-14-6-4-3-5-7-14/h3-9,11,15H,10,12-13H2,1-2H3,(H2,21,22,25). The molecule has 1 fully saturated rings. The van der Waals surface area contributed by atoms with E-state index in [-0.39, 0.29) is 24.4 Å². The number of nitrogens with zero attached hydrogens (tertiary/aromatic N) is 1. The van der Waals surface area contributed by atoms with Gasteiger partial charge in [0.05, 0.1) is 25.9 Å². The van der Waals surface area contributed by atoms with Crippen LogP contribution in [0, 0.1) is 0 Å². The summed E-state index contributed by atoms with van der Waals surface area (Å²) < 4.78 is 10.4. The van der Waals surface area contributed by atoms with Crippen molar-refractivity contribution >= 4 is 17.6 Å². The molecule has 2 aromatic carbocycles. The maximum Gasteiger partial charge on any atom is 0.319 e. The van der Waals surface area contributed by atoms with Gasteiger partial charge in [-0.1, -0.05) is 30.3 Å². The molecular weight excluding hydrogens is 346 g/mol. The number of anilines is 1. The molecule has 1 saturated heterocycles. The summed E-state index contributed by atoms with van der Waals surface area (Å²) >= 11 is 0. The van der Waals surface area contributed by atoms with Crippen LogP contribution in [-0.2, 0) is 11.3 Å². The van der Waals surface area contributed by atoms with Gasteiger partial charge >= 0.3 is 6.03 Å². The van der Waals surface area contributed by atoms with E-state index in [1.807, 2.05) is 30.3 Å². The number of carbonyl (C=O) groups is 2. The Labute approximate surface area is 158 Å². The van der Waals surface area contributed by atoms with Gasteiger partial charge in [-0.25, -0.2) is 4.79 Å². The normalized spacial score (nSPS) is 16.1. The molecule has 7 heteroatoms. The van der Waals surface area contributed by atoms with Crippen molar-refractivity contribution < 1.29 is 19.1 Å². The number of hydrogen-bond donors (Lipinski definition) is 2. The molecule has 0 bridgehead atoms. The van der Waals surface area contributed by atoms with Crippen LogP contribution in [0.25, 0.3) is 0 Å². The third-order valence-corrected chi connectivity index (χ3v) is 4.42. The lowest BCUT2D eigenvalue weighted by atomic mass is 10.2. The van der Waals surface area contributed by atoms with Crippen LogP contribution >= 0.6 is 0 Å². The van der Waals surface area contributed by atoms with Gasteiger partial charge < -0.3 is 25.0 Å². The summed E-state index contributed by atoms with van der Waals surface area (Å²) in [6.45, 7) is 1.03. The quantitative estimate of drug-likeness (QED) is 0.820. The molecule has 3 amide bonds. The molecule has 0 saturated carbocycles. The van der Waals surface area contributed by atoms with E-state index < -0.39 is 0 Å². The molecule has 0 spiro atoms. The predicted molar refractivity (Wildman–Crippen MR) is 102 cm³/mol. The van der Waals surface area contributed by atoms with E-state index in [2.05, 4.69) is 10.6 Å². The molecule has 1 heterocycles. The van der Waals surface area contributed by atoms with Crippen LogP contribution in [-0.4, -0.2) is 43.6 Å². The van der Waals surface area contributed by atoms with Gasteiger partial charge in [-0.15, -0.1) is 0 Å². The van der Waals surface area contributed by atoms with Crippen LogP contribution in [0.5, 0.6) is 11.5 Å². The average Bonchev–Trinajstić information content (AvgIpc) is 3.01. The Hall–Kier alpha value is -3.22. The van der Waals surface area contributed by atoms with Gasteiger partial charge in [-0.2, -0.15) is 0 Å². The molecule has 0 aromatic heterocycles. The molecular formula is C20H23N3O4. The van der Waals surface area contributed by atoms with Gasteiger partial charge in [-0.05, 0) is 17.7 Å². The van der Waals surface area contributed by atoms with Gasteiger partial charge in [0.2, 0.25) is 5.91 Å². The molecule has 7 nitrogen and oxygen atoms in total. The van der Waals surface area contributed by atoms with Crippen molar-refractivity contribution in [1.82, 2.24) is 10.2 Å². The maximum absolute atomic E-state index is 12.4. The molecule has 1 aliphatic rings. The highest BCUT2D eigenvalue weighted by molar-refractivity contribution is 5.92. The fourth-order valence-corrected chi connectivity index (χ4v) is 3.08. The highest BCUT2D eigenvalue weighted by atomic mass is 16.5. The Morgan fingerprint density at radius 2 is 1.93 bits per heavy atom. The van der Waals surface area contributed by atoms with Crippen LogP contribution in [0.15, 0.2) is 48.5 Å². The summed E-state index contributed by atoms with van der Waals surface area (Å²) in [5.74, 6) is 1.17. The van der Waals surface area contributed by atoms with Crippen LogP contribution in [0.2, 0.25) is 0 Å². The SMILES string of the molecule is COc1ccc(OC)c(NC(=O)NC2CC(=O)N(Cc3ccccc3)C2)c1. The van der Waals surface area contributed by atoms with Crippen molar-refractivity contribution in [3.63, 3.8) is 0 Å². The van der Waals surface area contributed by atoms with Crippen molar-refractivity contribution in [3.8, 4) is 11.5 Å². The monoisotopic (exact) mass is 369 g/mol. The van der Waals surface area contributed by atoms with E-state index in [0.717, 1.165) is 5.56 Å². The maximum atomic E-state index is 12.4. The molecule has 3 rings (SSSR count). The van der Waals surface area contributed by atoms with Crippen molar-refractivity contribution in [2.24, 2.45) is 0 Å². The molecule has 0 radical (unpaired) electrons. The lowest BCUT2D eigenvalue weighted by molar-refractivity contribution is -0.128. The van der Waals surface area contributed by atoms with Gasteiger partial charge in [0, 0.05) is 25.6 Å². The summed E-state index contributed by atoms with van der Waals surface area (Å²) in [5.41, 5.74) is 1.57. The first kappa shape index (κ1) is 18.6. The largest absolute Gasteiger partial charge is 0.497 e. The fraction of sp³-hybridized carbons (Fsp3) is 0.300. The number of ether oxygens (including phenoxy) is 2. The highest BCUT2D eigenvalue weighted by Crippen LogP contribution is 2.28. The Bertz CT molecular complexity index is 810. The zero-order chi connectivity index (χ0) is 19.2. The van der Waals surface area contributed by atoms with Crippen molar-refractivity contribution in [1.29, 1.82) is 0 Å². The predicted octanol–water partition coefficient (Wildman–Crippen LogP) is 2.63. The number of likely N-dealkylation sites (tertiary alicyclic amines) is 1. The number of nitrogens with one attached hydrogen (secondary N) is 2. The smallest absolute Gasteiger partial charge is 0.319 e. The van der Waals surface area contributed by atoms with E-state index in [0.29, 0.717) is 30.3 Å². The molecule has 2 N–H and O–H groups in total. The number of methoxy groups -OCH3 is 2. The Kier molecular flexibility index (Phi) is 5.80. The fourth-order valence-electron chi connectivity index (χ4n) is 3.08. The van der Waals surface area contributed by atoms with Gasteiger partial charge in [0.15, 0.2) is 0 Å². The number of hydrogen-bond acceptors (Lipinski definition) is 4. The van der Waals surface area contributed by atoms with Gasteiger partial charge in [-0.3, -0.25) is 4.79 Å². The van der Waals surface area contributed by atoms with Crippen LogP contribution in [0.1, 0.15) is 12.0 Å². The minimum atomic E-state index is -0.388. The first-order chi connectivity index (χ1) is 13.1. The molecule has 142 valence electrons. The Balaban J connectivity index is 1.58. The first-order valence-corrected chi connectivity index (χ1v) is 8.70. The van der Waals surface area contributed by atoms with Crippen LogP contribution in [0.3, 0.4) is 0 Å². The minimum absolute atomic E-state index is 0.0307. The number of rotatable bonds is 6. The van der Waals surface area contributed by atoms with E-state index in [1.165, 1.54) is 7.11 Å². The zero-order valence-electron chi connectivity index (χ0n) is 15.4. The third-order valence-electron chi connectivity index (χ3n) is 4.42. The average molecular weight is 369 g/mol. The van der Waals surface area contributed by atoms with E-state index in [1.54, 1.807) is 30.2 Å². The van der Waals surface area contributed by atoms with E-state index in [4.69, 9.17) is 9.47 Å². The molecule has 0 aliphatic carbocycles. The van der Waals surface area contributed by atoms with Crippen LogP contribution < -0.4 is 20.1 Å². The van der Waals surface area contributed by atoms with Gasteiger partial charge in [0.25, 0.3) is 0 Å². The summed E-state index contributed by atoms with van der Waals surface area (Å²) in [6, 6.07) is 14.3. The third kappa shape index (κ3) is 4.69. The molecule has 27 heavy (non-hydrogen) atoms.